The predicted octanol–water partition coefficient (Wildman–Crippen LogP) is 1.70. The van der Waals surface area contributed by atoms with Crippen molar-refractivity contribution < 1.29 is 12.8 Å². The normalized spacial score (nSPS) is 21.4. The second-order valence-electron chi connectivity index (χ2n) is 5.29. The lowest BCUT2D eigenvalue weighted by atomic mass is 10.1. The Hall–Kier alpha value is -1.76. The lowest BCUT2D eigenvalue weighted by Gasteiger charge is -2.10. The van der Waals surface area contributed by atoms with E-state index in [1.54, 1.807) is 10.9 Å². The van der Waals surface area contributed by atoms with Crippen LogP contribution in [0.2, 0.25) is 0 Å². The molecule has 1 fully saturated rings. The summed E-state index contributed by atoms with van der Waals surface area (Å²) in [5.74, 6) is 1.51. The number of aromatic nitrogens is 2. The van der Waals surface area contributed by atoms with Crippen LogP contribution in [0.4, 0.5) is 5.82 Å². The molecule has 1 aliphatic heterocycles. The molecule has 0 saturated carbocycles. The van der Waals surface area contributed by atoms with E-state index < -0.39 is 9.84 Å². The third-order valence-electron chi connectivity index (χ3n) is 3.83. The topological polar surface area (TPSA) is 91.1 Å². The van der Waals surface area contributed by atoms with Crippen molar-refractivity contribution in [2.24, 2.45) is 0 Å². The van der Waals surface area contributed by atoms with Gasteiger partial charge in [0.1, 0.15) is 11.5 Å². The molecule has 3 rings (SSSR count). The summed E-state index contributed by atoms with van der Waals surface area (Å²) in [6, 6.07) is 1.69. The molecule has 6 nitrogen and oxygen atoms in total. The van der Waals surface area contributed by atoms with E-state index in [0.717, 1.165) is 11.1 Å². The van der Waals surface area contributed by atoms with Crippen LogP contribution in [-0.4, -0.2) is 29.7 Å². The number of nitrogens with zero attached hydrogens (tertiary/aromatic N) is 2. The van der Waals surface area contributed by atoms with Crippen molar-refractivity contribution in [3.63, 3.8) is 0 Å². The molecule has 1 saturated heterocycles. The van der Waals surface area contributed by atoms with Crippen molar-refractivity contribution in [1.29, 1.82) is 0 Å². The van der Waals surface area contributed by atoms with Gasteiger partial charge in [0.2, 0.25) is 0 Å². The molecular formula is C13H17N3O3S. The smallest absolute Gasteiger partial charge is 0.157 e. The maximum Gasteiger partial charge on any atom is 0.157 e. The van der Waals surface area contributed by atoms with Crippen LogP contribution >= 0.6 is 0 Å². The van der Waals surface area contributed by atoms with Crippen molar-refractivity contribution >= 4 is 15.7 Å². The highest BCUT2D eigenvalue weighted by Gasteiger charge is 2.32. The van der Waals surface area contributed by atoms with Gasteiger partial charge in [-0.25, -0.2) is 13.1 Å². The molecule has 20 heavy (non-hydrogen) atoms. The van der Waals surface area contributed by atoms with Gasteiger partial charge in [-0.1, -0.05) is 0 Å². The van der Waals surface area contributed by atoms with E-state index in [1.807, 2.05) is 19.9 Å². The van der Waals surface area contributed by atoms with E-state index in [4.69, 9.17) is 10.2 Å². The molecule has 7 heteroatoms. The molecule has 2 N–H and O–H groups in total. The van der Waals surface area contributed by atoms with Gasteiger partial charge in [0, 0.05) is 5.56 Å². The Labute approximate surface area is 117 Å². The third-order valence-corrected chi connectivity index (χ3v) is 5.58. The lowest BCUT2D eigenvalue weighted by Crippen LogP contribution is -2.14. The van der Waals surface area contributed by atoms with Crippen molar-refractivity contribution in [3.8, 4) is 11.5 Å². The quantitative estimate of drug-likeness (QED) is 0.910. The Morgan fingerprint density at radius 2 is 2.20 bits per heavy atom. The standard InChI is InChI=1S/C13H17N3O3S/c1-8-3-5-19-12(8)11-9(2)13(14)16(15-11)10-4-6-20(17,18)7-10/h3,5,10H,4,6-7,14H2,1-2H3. The minimum Gasteiger partial charge on any atom is -0.462 e. The summed E-state index contributed by atoms with van der Waals surface area (Å²) in [6.07, 6.45) is 2.17. The highest BCUT2D eigenvalue weighted by Crippen LogP contribution is 2.33. The summed E-state index contributed by atoms with van der Waals surface area (Å²) in [7, 11) is -2.97. The summed E-state index contributed by atoms with van der Waals surface area (Å²) in [5.41, 5.74) is 8.59. The number of nitrogen functional groups attached to an aromatic ring is 1. The fourth-order valence-corrected chi connectivity index (χ4v) is 4.30. The Morgan fingerprint density at radius 1 is 1.45 bits per heavy atom. The van der Waals surface area contributed by atoms with Crippen molar-refractivity contribution in [1.82, 2.24) is 9.78 Å². The Morgan fingerprint density at radius 3 is 2.75 bits per heavy atom. The number of anilines is 1. The zero-order chi connectivity index (χ0) is 14.5. The van der Waals surface area contributed by atoms with Gasteiger partial charge in [0.25, 0.3) is 0 Å². The van der Waals surface area contributed by atoms with E-state index in [0.29, 0.717) is 23.7 Å². The van der Waals surface area contributed by atoms with Crippen LogP contribution in [0.3, 0.4) is 0 Å². The summed E-state index contributed by atoms with van der Waals surface area (Å²) >= 11 is 0. The van der Waals surface area contributed by atoms with Crippen LogP contribution in [0, 0.1) is 13.8 Å². The molecular weight excluding hydrogens is 278 g/mol. The van der Waals surface area contributed by atoms with Crippen molar-refractivity contribution in [3.05, 3.63) is 23.5 Å². The second kappa shape index (κ2) is 4.37. The van der Waals surface area contributed by atoms with Crippen LogP contribution in [0.1, 0.15) is 23.6 Å². The minimum atomic E-state index is -2.97. The predicted molar refractivity (Wildman–Crippen MR) is 76.1 cm³/mol. The van der Waals surface area contributed by atoms with Crippen LogP contribution in [0.25, 0.3) is 11.5 Å². The maximum absolute atomic E-state index is 11.6. The van der Waals surface area contributed by atoms with Gasteiger partial charge < -0.3 is 10.2 Å². The molecule has 0 aromatic carbocycles. The van der Waals surface area contributed by atoms with E-state index >= 15 is 0 Å². The zero-order valence-corrected chi connectivity index (χ0v) is 12.3. The number of hydrogen-bond donors (Lipinski definition) is 1. The number of aryl methyl sites for hydroxylation is 1. The first kappa shape index (κ1) is 13.2. The number of rotatable bonds is 2. The SMILES string of the molecule is Cc1ccoc1-c1nn(C2CCS(=O)(=O)C2)c(N)c1C. The number of furan rings is 1. The van der Waals surface area contributed by atoms with Crippen LogP contribution < -0.4 is 5.73 Å². The highest BCUT2D eigenvalue weighted by molar-refractivity contribution is 7.91. The number of sulfone groups is 1. The average Bonchev–Trinajstić information content (AvgIpc) is 3.02. The molecule has 1 unspecified atom stereocenters. The first-order chi connectivity index (χ1) is 9.39. The van der Waals surface area contributed by atoms with Gasteiger partial charge in [-0.2, -0.15) is 5.10 Å². The number of nitrogens with two attached hydrogens (primary N) is 1. The first-order valence-corrected chi connectivity index (χ1v) is 8.30. The first-order valence-electron chi connectivity index (χ1n) is 6.48. The summed E-state index contributed by atoms with van der Waals surface area (Å²) in [5, 5.41) is 4.49. The van der Waals surface area contributed by atoms with Crippen molar-refractivity contribution in [2.45, 2.75) is 26.3 Å². The molecule has 108 valence electrons. The molecule has 2 aromatic heterocycles. The summed E-state index contributed by atoms with van der Waals surface area (Å²) < 4.78 is 30.3. The largest absolute Gasteiger partial charge is 0.462 e. The van der Waals surface area contributed by atoms with Gasteiger partial charge in [0.15, 0.2) is 15.6 Å². The Balaban J connectivity index is 2.05. The van der Waals surface area contributed by atoms with Gasteiger partial charge in [0.05, 0.1) is 23.8 Å². The molecule has 0 radical (unpaired) electrons. The maximum atomic E-state index is 11.6. The Kier molecular flexibility index (Phi) is 2.89. The van der Waals surface area contributed by atoms with Crippen molar-refractivity contribution in [2.75, 3.05) is 17.2 Å². The van der Waals surface area contributed by atoms with Gasteiger partial charge in [-0.15, -0.1) is 0 Å². The van der Waals surface area contributed by atoms with E-state index in [1.165, 1.54) is 0 Å². The van der Waals surface area contributed by atoms with E-state index in [9.17, 15) is 8.42 Å². The molecule has 2 aromatic rings. The van der Waals surface area contributed by atoms with Gasteiger partial charge >= 0.3 is 0 Å². The van der Waals surface area contributed by atoms with Crippen LogP contribution in [-0.2, 0) is 9.84 Å². The Bertz CT molecular complexity index is 758. The van der Waals surface area contributed by atoms with E-state index in [2.05, 4.69) is 5.10 Å². The number of hydrogen-bond acceptors (Lipinski definition) is 5. The molecule has 0 amide bonds. The minimum absolute atomic E-state index is 0.106. The lowest BCUT2D eigenvalue weighted by molar-refractivity contribution is 0.504. The zero-order valence-electron chi connectivity index (χ0n) is 11.5. The molecule has 1 aliphatic rings. The van der Waals surface area contributed by atoms with Crippen LogP contribution in [0.15, 0.2) is 16.7 Å². The summed E-state index contributed by atoms with van der Waals surface area (Å²) in [6.45, 7) is 3.81. The van der Waals surface area contributed by atoms with Crippen LogP contribution in [0.5, 0.6) is 0 Å². The fourth-order valence-electron chi connectivity index (χ4n) is 2.61. The third kappa shape index (κ3) is 2.02. The fraction of sp³-hybridized carbons (Fsp3) is 0.462. The highest BCUT2D eigenvalue weighted by atomic mass is 32.2. The molecule has 0 bridgehead atoms. The van der Waals surface area contributed by atoms with E-state index in [-0.39, 0.29) is 17.5 Å². The average molecular weight is 295 g/mol. The molecule has 0 aliphatic carbocycles. The monoisotopic (exact) mass is 295 g/mol. The molecule has 3 heterocycles. The second-order valence-corrected chi connectivity index (χ2v) is 7.52. The molecule has 0 spiro atoms. The summed E-state index contributed by atoms with van der Waals surface area (Å²) in [4.78, 5) is 0. The molecule has 1 atom stereocenters. The van der Waals surface area contributed by atoms with Gasteiger partial charge in [-0.3, -0.25) is 0 Å². The van der Waals surface area contributed by atoms with Gasteiger partial charge in [-0.05, 0) is 31.9 Å².